The van der Waals surface area contributed by atoms with Crippen LogP contribution in [0.15, 0.2) is 55.0 Å². The van der Waals surface area contributed by atoms with E-state index in [1.54, 1.807) is 0 Å². The highest BCUT2D eigenvalue weighted by atomic mass is 14.9. The van der Waals surface area contributed by atoms with Crippen LogP contribution >= 0.6 is 0 Å². The molecule has 3 nitrogen and oxygen atoms in total. The van der Waals surface area contributed by atoms with Gasteiger partial charge in [-0.05, 0) is 41.6 Å². The largest absolute Gasteiger partial charge is 0.361 e. The monoisotopic (exact) mass is 251 g/mol. The number of pyridine rings is 1. The number of aromatic amines is 1. The number of hydrogen-bond acceptors (Lipinski definition) is 2. The van der Waals surface area contributed by atoms with Gasteiger partial charge < -0.3 is 10.3 Å². The second kappa shape index (κ2) is 5.24. The molecule has 0 radical (unpaired) electrons. The maximum atomic E-state index is 4.05. The van der Waals surface area contributed by atoms with Crippen LogP contribution in [0.1, 0.15) is 24.1 Å². The number of rotatable bonds is 4. The third-order valence-electron chi connectivity index (χ3n) is 3.48. The Hall–Kier alpha value is -2.13. The van der Waals surface area contributed by atoms with Gasteiger partial charge in [0, 0.05) is 36.7 Å². The van der Waals surface area contributed by atoms with Gasteiger partial charge in [-0.25, -0.2) is 0 Å². The molecule has 3 rings (SSSR count). The van der Waals surface area contributed by atoms with Crippen molar-refractivity contribution in [3.05, 3.63) is 66.1 Å². The Balaban J connectivity index is 1.74. The maximum Gasteiger partial charge on any atom is 0.0499 e. The summed E-state index contributed by atoms with van der Waals surface area (Å²) in [7, 11) is 0. The lowest BCUT2D eigenvalue weighted by molar-refractivity contribution is 0.575. The molecule has 0 fully saturated rings. The SMILES string of the molecule is C[C@H](NCc1cccc2cc[nH]c12)c1ccncc1. The fraction of sp³-hybridized carbons (Fsp3) is 0.188. The van der Waals surface area contributed by atoms with Gasteiger partial charge in [-0.15, -0.1) is 0 Å². The molecule has 0 aliphatic carbocycles. The molecule has 1 aromatic carbocycles. The van der Waals surface area contributed by atoms with Crippen LogP contribution in [0.2, 0.25) is 0 Å². The van der Waals surface area contributed by atoms with Crippen molar-refractivity contribution in [1.82, 2.24) is 15.3 Å². The molecule has 0 aliphatic rings. The summed E-state index contributed by atoms with van der Waals surface area (Å²) in [5, 5.41) is 4.81. The van der Waals surface area contributed by atoms with Crippen molar-refractivity contribution in [3.63, 3.8) is 0 Å². The van der Waals surface area contributed by atoms with E-state index < -0.39 is 0 Å². The van der Waals surface area contributed by atoms with Gasteiger partial charge in [0.2, 0.25) is 0 Å². The number of fused-ring (bicyclic) bond motifs is 1. The van der Waals surface area contributed by atoms with Crippen molar-refractivity contribution in [1.29, 1.82) is 0 Å². The highest BCUT2D eigenvalue weighted by molar-refractivity contribution is 5.82. The van der Waals surface area contributed by atoms with Gasteiger partial charge in [0.15, 0.2) is 0 Å². The van der Waals surface area contributed by atoms with Crippen LogP contribution in [-0.2, 0) is 6.54 Å². The first-order chi connectivity index (χ1) is 9.34. The first-order valence-electron chi connectivity index (χ1n) is 6.53. The van der Waals surface area contributed by atoms with E-state index in [9.17, 15) is 0 Å². The van der Waals surface area contributed by atoms with E-state index in [-0.39, 0.29) is 0 Å². The van der Waals surface area contributed by atoms with Gasteiger partial charge >= 0.3 is 0 Å². The van der Waals surface area contributed by atoms with Gasteiger partial charge in [-0.2, -0.15) is 0 Å². The molecule has 0 unspecified atom stereocenters. The lowest BCUT2D eigenvalue weighted by Crippen LogP contribution is -2.18. The molecule has 1 atom stereocenters. The van der Waals surface area contributed by atoms with Crippen molar-refractivity contribution < 1.29 is 0 Å². The lowest BCUT2D eigenvalue weighted by Gasteiger charge is -2.14. The number of H-pyrrole nitrogens is 1. The summed E-state index contributed by atoms with van der Waals surface area (Å²) in [4.78, 5) is 7.35. The Bertz CT molecular complexity index is 658. The van der Waals surface area contributed by atoms with E-state index in [0.29, 0.717) is 6.04 Å². The first kappa shape index (κ1) is 11.9. The van der Waals surface area contributed by atoms with Crippen LogP contribution in [0.25, 0.3) is 10.9 Å². The molecule has 19 heavy (non-hydrogen) atoms. The van der Waals surface area contributed by atoms with E-state index in [1.807, 2.05) is 30.7 Å². The number of aromatic nitrogens is 2. The fourth-order valence-electron chi connectivity index (χ4n) is 2.33. The Morgan fingerprint density at radius 3 is 2.84 bits per heavy atom. The molecule has 2 heterocycles. The number of nitrogens with one attached hydrogen (secondary N) is 2. The quantitative estimate of drug-likeness (QED) is 0.746. The summed E-state index contributed by atoms with van der Waals surface area (Å²) in [6.07, 6.45) is 5.65. The molecule has 0 aliphatic heterocycles. The van der Waals surface area contributed by atoms with Crippen molar-refractivity contribution >= 4 is 10.9 Å². The average molecular weight is 251 g/mol. The molecule has 0 spiro atoms. The summed E-state index contributed by atoms with van der Waals surface area (Å²) in [6, 6.07) is 12.9. The predicted octanol–water partition coefficient (Wildman–Crippen LogP) is 3.41. The summed E-state index contributed by atoms with van der Waals surface area (Å²) in [5.74, 6) is 0. The molecule has 3 heteroatoms. The smallest absolute Gasteiger partial charge is 0.0499 e. The number of benzene rings is 1. The molecular weight excluding hydrogens is 234 g/mol. The van der Waals surface area contributed by atoms with E-state index in [1.165, 1.54) is 22.0 Å². The third-order valence-corrected chi connectivity index (χ3v) is 3.48. The number of nitrogens with zero attached hydrogens (tertiary/aromatic N) is 1. The average Bonchev–Trinajstić information content (AvgIpc) is 2.94. The zero-order valence-corrected chi connectivity index (χ0v) is 10.9. The molecule has 2 N–H and O–H groups in total. The Labute approximate surface area is 112 Å². The highest BCUT2D eigenvalue weighted by Gasteiger charge is 2.06. The number of hydrogen-bond donors (Lipinski definition) is 2. The lowest BCUT2D eigenvalue weighted by atomic mass is 10.1. The minimum atomic E-state index is 0.313. The van der Waals surface area contributed by atoms with Crippen LogP contribution in [0, 0.1) is 0 Å². The van der Waals surface area contributed by atoms with Gasteiger partial charge in [-0.3, -0.25) is 4.98 Å². The minimum Gasteiger partial charge on any atom is -0.361 e. The van der Waals surface area contributed by atoms with Crippen LogP contribution in [0.4, 0.5) is 0 Å². The summed E-state index contributed by atoms with van der Waals surface area (Å²) in [6.45, 7) is 3.02. The molecule has 96 valence electrons. The van der Waals surface area contributed by atoms with E-state index in [4.69, 9.17) is 0 Å². The summed E-state index contributed by atoms with van der Waals surface area (Å²) in [5.41, 5.74) is 3.77. The van der Waals surface area contributed by atoms with Gasteiger partial charge in [0.1, 0.15) is 0 Å². The van der Waals surface area contributed by atoms with Crippen LogP contribution in [-0.4, -0.2) is 9.97 Å². The van der Waals surface area contributed by atoms with E-state index in [0.717, 1.165) is 6.54 Å². The first-order valence-corrected chi connectivity index (χ1v) is 6.53. The van der Waals surface area contributed by atoms with Gasteiger partial charge in [0.25, 0.3) is 0 Å². The van der Waals surface area contributed by atoms with Crippen molar-refractivity contribution in [3.8, 4) is 0 Å². The van der Waals surface area contributed by atoms with E-state index >= 15 is 0 Å². The van der Waals surface area contributed by atoms with Crippen molar-refractivity contribution in [2.45, 2.75) is 19.5 Å². The van der Waals surface area contributed by atoms with Gasteiger partial charge in [-0.1, -0.05) is 18.2 Å². The van der Waals surface area contributed by atoms with Crippen molar-refractivity contribution in [2.75, 3.05) is 0 Å². The van der Waals surface area contributed by atoms with Crippen molar-refractivity contribution in [2.24, 2.45) is 0 Å². The molecule has 0 saturated carbocycles. The van der Waals surface area contributed by atoms with E-state index in [2.05, 4.69) is 46.5 Å². The van der Waals surface area contributed by atoms with Crippen LogP contribution < -0.4 is 5.32 Å². The summed E-state index contributed by atoms with van der Waals surface area (Å²) >= 11 is 0. The highest BCUT2D eigenvalue weighted by Crippen LogP contribution is 2.18. The minimum absolute atomic E-state index is 0.313. The Morgan fingerprint density at radius 2 is 2.00 bits per heavy atom. The predicted molar refractivity (Wildman–Crippen MR) is 77.8 cm³/mol. The summed E-state index contributed by atoms with van der Waals surface area (Å²) < 4.78 is 0. The zero-order valence-electron chi connectivity index (χ0n) is 10.9. The molecule has 0 bridgehead atoms. The topological polar surface area (TPSA) is 40.7 Å². The second-order valence-corrected chi connectivity index (χ2v) is 4.74. The zero-order chi connectivity index (χ0) is 13.1. The Morgan fingerprint density at radius 1 is 1.16 bits per heavy atom. The van der Waals surface area contributed by atoms with Gasteiger partial charge in [0.05, 0.1) is 0 Å². The van der Waals surface area contributed by atoms with Crippen LogP contribution in [0.3, 0.4) is 0 Å². The number of para-hydroxylation sites is 1. The maximum absolute atomic E-state index is 4.05. The third kappa shape index (κ3) is 2.51. The molecule has 2 aromatic heterocycles. The standard InChI is InChI=1S/C16H17N3/c1-12(13-5-8-17-9-6-13)19-11-15-4-2-3-14-7-10-18-16(14)15/h2-10,12,18-19H,11H2,1H3/t12-/m0/s1. The van der Waals surface area contributed by atoms with Crippen LogP contribution in [0.5, 0.6) is 0 Å². The fourth-order valence-corrected chi connectivity index (χ4v) is 2.33. The Kier molecular flexibility index (Phi) is 3.29. The molecule has 0 amide bonds. The molecule has 0 saturated heterocycles. The second-order valence-electron chi connectivity index (χ2n) is 4.74. The molecular formula is C16H17N3. The normalized spacial score (nSPS) is 12.7. The molecule has 3 aromatic rings.